The minimum absolute atomic E-state index is 0.0893. The second kappa shape index (κ2) is 11.2. The lowest BCUT2D eigenvalue weighted by atomic mass is 9.96. The molecule has 0 spiro atoms. The monoisotopic (exact) mass is 616 g/mol. The smallest absolute Gasteiger partial charge is 0.364 e. The summed E-state index contributed by atoms with van der Waals surface area (Å²) in [6, 6.07) is 7.57. The van der Waals surface area contributed by atoms with Gasteiger partial charge in [-0.1, -0.05) is 4.57 Å². The Morgan fingerprint density at radius 2 is 1.79 bits per heavy atom. The zero-order valence-corrected chi connectivity index (χ0v) is 22.8. The van der Waals surface area contributed by atoms with Gasteiger partial charge in [0, 0.05) is 25.6 Å². The Bertz CT molecular complexity index is 1080. The molecule has 1 amide bonds. The van der Waals surface area contributed by atoms with Gasteiger partial charge in [-0.05, 0) is 82.0 Å². The van der Waals surface area contributed by atoms with Gasteiger partial charge in [0.2, 0.25) is 0 Å². The Hall–Kier alpha value is -2.00. The maximum absolute atomic E-state index is 13.1. The number of ether oxygens (including phenoxy) is 2. The van der Waals surface area contributed by atoms with Crippen molar-refractivity contribution in [1.82, 2.24) is 4.90 Å². The first kappa shape index (κ1) is 26.6. The molecule has 182 valence electrons. The number of phenolic OH excluding ortho intramolecular Hbond substituents is 1. The van der Waals surface area contributed by atoms with Gasteiger partial charge in [0.25, 0.3) is 11.2 Å². The van der Waals surface area contributed by atoms with Crippen molar-refractivity contribution in [2.24, 2.45) is 5.92 Å². The van der Waals surface area contributed by atoms with Crippen LogP contribution in [0.3, 0.4) is 0 Å². The normalized spacial score (nSPS) is 16.2. The van der Waals surface area contributed by atoms with E-state index in [0.29, 0.717) is 58.5 Å². The number of benzene rings is 2. The van der Waals surface area contributed by atoms with Gasteiger partial charge in [0.05, 0.1) is 27.0 Å². The standard InChI is InChI=1S/C23H24Br2NO7P/c1-3-32-22(29)13-6-8-26(9-7-13)21(28)16-12-15(4-5-19(16)27)33-20-17(24)10-14(11-18(20)25)23(2,30)34-31/h4-5,10-13,27,30H,3,6-9H2,1-2H3/p+1. The number of esters is 1. The summed E-state index contributed by atoms with van der Waals surface area (Å²) < 4.78 is 23.3. The van der Waals surface area contributed by atoms with E-state index in [1.54, 1.807) is 24.0 Å². The first-order valence-electron chi connectivity index (χ1n) is 10.6. The highest BCUT2D eigenvalue weighted by Crippen LogP contribution is 2.43. The molecule has 2 aromatic carbocycles. The van der Waals surface area contributed by atoms with Crippen LogP contribution >= 0.6 is 40.3 Å². The summed E-state index contributed by atoms with van der Waals surface area (Å²) in [6.07, 6.45) is 1.00. The third-order valence-corrected chi connectivity index (χ3v) is 7.44. The molecule has 2 aromatic rings. The van der Waals surface area contributed by atoms with Crippen LogP contribution in [0.4, 0.5) is 0 Å². The maximum Gasteiger partial charge on any atom is 0.364 e. The first-order valence-corrected chi connectivity index (χ1v) is 13.1. The summed E-state index contributed by atoms with van der Waals surface area (Å²) in [6.45, 7) is 4.29. The van der Waals surface area contributed by atoms with E-state index in [2.05, 4.69) is 31.9 Å². The van der Waals surface area contributed by atoms with Crippen LogP contribution in [0.5, 0.6) is 17.2 Å². The van der Waals surface area contributed by atoms with Gasteiger partial charge in [-0.25, -0.2) is 0 Å². The average molecular weight is 618 g/mol. The minimum Gasteiger partial charge on any atom is -0.507 e. The van der Waals surface area contributed by atoms with Crippen LogP contribution in [-0.4, -0.2) is 46.7 Å². The third kappa shape index (κ3) is 5.97. The van der Waals surface area contributed by atoms with Crippen LogP contribution in [0, 0.1) is 5.92 Å². The van der Waals surface area contributed by atoms with Crippen LogP contribution in [0.2, 0.25) is 0 Å². The Kier molecular flexibility index (Phi) is 8.73. The molecule has 1 saturated heterocycles. The Balaban J connectivity index is 1.78. The molecule has 0 aliphatic carbocycles. The zero-order valence-electron chi connectivity index (χ0n) is 18.6. The summed E-state index contributed by atoms with van der Waals surface area (Å²) in [5.74, 6) is -0.306. The Morgan fingerprint density at radius 1 is 1.18 bits per heavy atom. The summed E-state index contributed by atoms with van der Waals surface area (Å²) >= 11 is 6.81. The number of carbonyl (C=O) groups excluding carboxylic acids is 2. The van der Waals surface area contributed by atoms with E-state index in [9.17, 15) is 24.4 Å². The lowest BCUT2D eigenvalue weighted by molar-refractivity contribution is -0.149. The van der Waals surface area contributed by atoms with Crippen molar-refractivity contribution < 1.29 is 33.8 Å². The van der Waals surface area contributed by atoms with Gasteiger partial charge in [0.1, 0.15) is 11.5 Å². The van der Waals surface area contributed by atoms with Gasteiger partial charge >= 0.3 is 14.4 Å². The van der Waals surface area contributed by atoms with Crippen molar-refractivity contribution in [3.63, 3.8) is 0 Å². The molecule has 1 heterocycles. The van der Waals surface area contributed by atoms with Crippen molar-refractivity contribution in [3.05, 3.63) is 50.4 Å². The second-order valence-electron chi connectivity index (χ2n) is 8.04. The number of halogens is 2. The summed E-state index contributed by atoms with van der Waals surface area (Å²) in [5.41, 5.74) is 0.520. The number of amides is 1. The summed E-state index contributed by atoms with van der Waals surface area (Å²) in [7, 11) is -0.955. The number of hydrogen-bond donors (Lipinski definition) is 2. The number of likely N-dealkylation sites (tertiary alicyclic amines) is 1. The average Bonchev–Trinajstić information content (AvgIpc) is 2.82. The molecule has 0 radical (unpaired) electrons. The molecule has 1 aliphatic heterocycles. The van der Waals surface area contributed by atoms with E-state index < -0.39 is 13.8 Å². The first-order chi connectivity index (χ1) is 16.1. The van der Waals surface area contributed by atoms with Crippen LogP contribution in [0.25, 0.3) is 0 Å². The quantitative estimate of drug-likeness (QED) is 0.320. The predicted molar refractivity (Wildman–Crippen MR) is 134 cm³/mol. The van der Waals surface area contributed by atoms with Gasteiger partial charge < -0.3 is 24.6 Å². The predicted octanol–water partition coefficient (Wildman–Crippen LogP) is 5.31. The van der Waals surface area contributed by atoms with E-state index in [-0.39, 0.29) is 29.1 Å². The number of aromatic hydroxyl groups is 1. The molecule has 3 rings (SSSR count). The molecule has 11 heteroatoms. The largest absolute Gasteiger partial charge is 0.507 e. The Labute approximate surface area is 215 Å². The number of rotatable bonds is 7. The third-order valence-electron chi connectivity index (χ3n) is 5.58. The lowest BCUT2D eigenvalue weighted by Crippen LogP contribution is -2.40. The number of phenols is 1. The molecular weight excluding hydrogens is 593 g/mol. The SMILES string of the molecule is CCOC(=O)C1CCN(C(=O)c2cc(Oc3c(Br)cc(C(C)(O)[PH+]=O)cc3Br)ccc2O)CC1. The van der Waals surface area contributed by atoms with Crippen LogP contribution in [-0.2, 0) is 19.4 Å². The second-order valence-corrected chi connectivity index (χ2v) is 10.9. The summed E-state index contributed by atoms with van der Waals surface area (Å²) in [4.78, 5) is 26.6. The van der Waals surface area contributed by atoms with E-state index in [4.69, 9.17) is 9.47 Å². The molecule has 34 heavy (non-hydrogen) atoms. The van der Waals surface area contributed by atoms with Crippen LogP contribution in [0.1, 0.15) is 42.6 Å². The topological polar surface area (TPSA) is 113 Å². The molecule has 0 bridgehead atoms. The number of piperidine rings is 1. The molecule has 0 aromatic heterocycles. The molecular formula is C23H25Br2NO7P+. The molecule has 2 unspecified atom stereocenters. The van der Waals surface area contributed by atoms with Crippen molar-refractivity contribution in [2.75, 3.05) is 19.7 Å². The number of carbonyl (C=O) groups is 2. The van der Waals surface area contributed by atoms with Crippen molar-refractivity contribution in [2.45, 2.75) is 32.0 Å². The number of nitrogens with zero attached hydrogens (tertiary/aromatic N) is 1. The van der Waals surface area contributed by atoms with Gasteiger partial charge in [-0.2, -0.15) is 0 Å². The molecule has 2 atom stereocenters. The fraction of sp³-hybridized carbons (Fsp3) is 0.391. The highest BCUT2D eigenvalue weighted by Gasteiger charge is 2.34. The highest BCUT2D eigenvalue weighted by atomic mass is 79.9. The van der Waals surface area contributed by atoms with Gasteiger partial charge in [-0.3, -0.25) is 9.59 Å². The molecule has 2 N–H and O–H groups in total. The zero-order chi connectivity index (χ0) is 25.0. The molecule has 1 fully saturated rings. The van der Waals surface area contributed by atoms with Gasteiger partial charge in [-0.15, -0.1) is 0 Å². The van der Waals surface area contributed by atoms with Crippen molar-refractivity contribution in [1.29, 1.82) is 0 Å². The fourth-order valence-electron chi connectivity index (χ4n) is 3.61. The van der Waals surface area contributed by atoms with Crippen molar-refractivity contribution in [3.8, 4) is 17.2 Å². The van der Waals surface area contributed by atoms with Crippen LogP contribution < -0.4 is 4.74 Å². The fourth-order valence-corrected chi connectivity index (χ4v) is 5.22. The number of aliphatic hydroxyl groups is 1. The summed E-state index contributed by atoms with van der Waals surface area (Å²) in [5, 5.41) is 19.1. The van der Waals surface area contributed by atoms with E-state index in [1.807, 2.05) is 0 Å². The highest BCUT2D eigenvalue weighted by molar-refractivity contribution is 9.11. The van der Waals surface area contributed by atoms with Crippen molar-refractivity contribution >= 4 is 52.2 Å². The maximum atomic E-state index is 13.1. The van der Waals surface area contributed by atoms with E-state index >= 15 is 0 Å². The van der Waals surface area contributed by atoms with E-state index in [0.717, 1.165) is 0 Å². The Morgan fingerprint density at radius 3 is 2.35 bits per heavy atom. The lowest BCUT2D eigenvalue weighted by Gasteiger charge is -2.31. The molecule has 1 aliphatic rings. The minimum atomic E-state index is -1.51. The van der Waals surface area contributed by atoms with Gasteiger partial charge in [0.15, 0.2) is 5.75 Å². The number of hydrogen-bond acceptors (Lipinski definition) is 7. The molecule has 8 nitrogen and oxygen atoms in total. The van der Waals surface area contributed by atoms with Crippen LogP contribution in [0.15, 0.2) is 39.3 Å². The van der Waals surface area contributed by atoms with E-state index in [1.165, 1.54) is 25.1 Å². The molecule has 0 saturated carbocycles.